The Bertz CT molecular complexity index is 825. The number of carbonyl (C=O) groups excluding carboxylic acids is 1. The van der Waals surface area contributed by atoms with Gasteiger partial charge in [-0.1, -0.05) is 15.9 Å². The van der Waals surface area contributed by atoms with Gasteiger partial charge in [0.15, 0.2) is 0 Å². The molecule has 2 aromatic heterocycles. The zero-order valence-electron chi connectivity index (χ0n) is 11.1. The number of hydrogen-bond donors (Lipinski definition) is 1. The summed E-state index contributed by atoms with van der Waals surface area (Å²) in [5.41, 5.74) is 2.72. The van der Waals surface area contributed by atoms with Crippen molar-refractivity contribution in [3.05, 3.63) is 62.9 Å². The summed E-state index contributed by atoms with van der Waals surface area (Å²) < 4.78 is 3.65. The number of aromatic nitrogens is 2. The Labute approximate surface area is 138 Å². The lowest BCUT2D eigenvalue weighted by Crippen LogP contribution is -2.15. The van der Waals surface area contributed by atoms with Gasteiger partial charge in [-0.25, -0.2) is 4.98 Å². The van der Waals surface area contributed by atoms with E-state index in [4.69, 9.17) is 0 Å². The first kappa shape index (κ1) is 14.3. The van der Waals surface area contributed by atoms with E-state index in [9.17, 15) is 4.79 Å². The number of hydrogen-bond acceptors (Lipinski definition) is 2. The molecule has 3 rings (SSSR count). The molecule has 1 N–H and O–H groups in total. The molecule has 0 aliphatic rings. The second kappa shape index (κ2) is 5.61. The van der Waals surface area contributed by atoms with Crippen molar-refractivity contribution in [2.24, 2.45) is 0 Å². The molecule has 2 heterocycles. The molecule has 4 nitrogen and oxygen atoms in total. The van der Waals surface area contributed by atoms with Crippen LogP contribution in [0.2, 0.25) is 0 Å². The minimum atomic E-state index is -0.180. The largest absolute Gasteiger partial charge is 0.321 e. The van der Waals surface area contributed by atoms with Crippen LogP contribution in [0.1, 0.15) is 16.2 Å². The number of nitrogens with zero attached hydrogens (tertiary/aromatic N) is 2. The summed E-state index contributed by atoms with van der Waals surface area (Å²) in [5.74, 6) is -0.180. The smallest absolute Gasteiger partial charge is 0.274 e. The first-order valence-corrected chi connectivity index (χ1v) is 7.84. The van der Waals surface area contributed by atoms with E-state index in [-0.39, 0.29) is 5.91 Å². The molecule has 1 amide bonds. The molecule has 0 fully saturated rings. The first-order valence-electron chi connectivity index (χ1n) is 6.26. The van der Waals surface area contributed by atoms with Gasteiger partial charge >= 0.3 is 0 Å². The van der Waals surface area contributed by atoms with Crippen molar-refractivity contribution in [3.8, 4) is 0 Å². The summed E-state index contributed by atoms with van der Waals surface area (Å²) in [6.45, 7) is 1.83. The topological polar surface area (TPSA) is 46.4 Å². The van der Waals surface area contributed by atoms with E-state index in [1.807, 2.05) is 49.5 Å². The zero-order valence-corrected chi connectivity index (χ0v) is 14.3. The van der Waals surface area contributed by atoms with Gasteiger partial charge in [0, 0.05) is 20.8 Å². The number of carbonyl (C=O) groups is 1. The van der Waals surface area contributed by atoms with Crippen LogP contribution in [0.15, 0.2) is 51.5 Å². The minimum absolute atomic E-state index is 0.180. The number of aryl methyl sites for hydroxylation is 1. The molecule has 0 aliphatic heterocycles. The van der Waals surface area contributed by atoms with Crippen molar-refractivity contribution in [1.82, 2.24) is 9.38 Å². The van der Waals surface area contributed by atoms with Crippen LogP contribution in [-0.4, -0.2) is 15.3 Å². The zero-order chi connectivity index (χ0) is 15.0. The summed E-state index contributed by atoms with van der Waals surface area (Å²) in [7, 11) is 0. The predicted octanol–water partition coefficient (Wildman–Crippen LogP) is 4.42. The molecule has 0 saturated carbocycles. The molecule has 0 saturated heterocycles. The maximum absolute atomic E-state index is 12.5. The van der Waals surface area contributed by atoms with Crippen LogP contribution in [0.4, 0.5) is 5.69 Å². The Kier molecular flexibility index (Phi) is 3.82. The number of nitrogens with one attached hydrogen (secondary N) is 1. The molecule has 1 aromatic carbocycles. The number of imidazole rings is 1. The van der Waals surface area contributed by atoms with E-state index in [0.29, 0.717) is 11.4 Å². The fraction of sp³-hybridized carbons (Fsp3) is 0.0667. The Morgan fingerprint density at radius 2 is 1.76 bits per heavy atom. The highest BCUT2D eigenvalue weighted by Gasteiger charge is 2.16. The lowest BCUT2D eigenvalue weighted by molar-refractivity contribution is 0.102. The Morgan fingerprint density at radius 1 is 1.10 bits per heavy atom. The third kappa shape index (κ3) is 2.87. The van der Waals surface area contributed by atoms with Crippen molar-refractivity contribution in [2.45, 2.75) is 6.92 Å². The summed E-state index contributed by atoms with van der Waals surface area (Å²) in [5, 5.41) is 2.89. The van der Waals surface area contributed by atoms with Gasteiger partial charge < -0.3 is 5.32 Å². The lowest BCUT2D eigenvalue weighted by atomic mass is 10.3. The van der Waals surface area contributed by atoms with E-state index in [0.717, 1.165) is 20.3 Å². The van der Waals surface area contributed by atoms with Crippen molar-refractivity contribution >= 4 is 49.1 Å². The maximum Gasteiger partial charge on any atom is 0.274 e. The van der Waals surface area contributed by atoms with Gasteiger partial charge in [0.2, 0.25) is 0 Å². The summed E-state index contributed by atoms with van der Waals surface area (Å²) in [6.07, 6.45) is 1.84. The van der Waals surface area contributed by atoms with Gasteiger partial charge in [-0.15, -0.1) is 0 Å². The van der Waals surface area contributed by atoms with Crippen LogP contribution < -0.4 is 5.32 Å². The molecule has 0 radical (unpaired) electrons. The van der Waals surface area contributed by atoms with Gasteiger partial charge in [0.25, 0.3) is 5.91 Å². The quantitative estimate of drug-likeness (QED) is 0.682. The highest BCUT2D eigenvalue weighted by molar-refractivity contribution is 9.10. The standard InChI is InChI=1S/C15H11Br2N3O/c1-9-14(20-8-11(17)4-7-13(20)18-9)15(21)19-12-5-2-10(16)3-6-12/h2-8H,1H3,(H,19,21). The van der Waals surface area contributed by atoms with Gasteiger partial charge in [-0.05, 0) is 59.3 Å². The van der Waals surface area contributed by atoms with Crippen molar-refractivity contribution in [1.29, 1.82) is 0 Å². The van der Waals surface area contributed by atoms with Crippen LogP contribution in [0.25, 0.3) is 5.65 Å². The number of halogens is 2. The summed E-state index contributed by atoms with van der Waals surface area (Å²) >= 11 is 6.78. The SMILES string of the molecule is Cc1nc2ccc(Br)cn2c1C(=O)Nc1ccc(Br)cc1. The summed E-state index contributed by atoms with van der Waals surface area (Å²) in [4.78, 5) is 16.9. The molecule has 0 aliphatic carbocycles. The van der Waals surface area contributed by atoms with Crippen molar-refractivity contribution in [2.75, 3.05) is 5.32 Å². The Balaban J connectivity index is 1.99. The Morgan fingerprint density at radius 3 is 2.48 bits per heavy atom. The highest BCUT2D eigenvalue weighted by atomic mass is 79.9. The second-order valence-electron chi connectivity index (χ2n) is 4.58. The molecule has 0 unspecified atom stereocenters. The van der Waals surface area contributed by atoms with E-state index in [1.165, 1.54) is 0 Å². The van der Waals surface area contributed by atoms with E-state index in [2.05, 4.69) is 42.2 Å². The highest BCUT2D eigenvalue weighted by Crippen LogP contribution is 2.19. The first-order chi connectivity index (χ1) is 10.0. The van der Waals surface area contributed by atoms with Crippen LogP contribution in [0, 0.1) is 6.92 Å². The van der Waals surface area contributed by atoms with Crippen LogP contribution in [0.5, 0.6) is 0 Å². The third-order valence-electron chi connectivity index (χ3n) is 3.07. The fourth-order valence-electron chi connectivity index (χ4n) is 2.13. The average Bonchev–Trinajstić information content (AvgIpc) is 2.76. The van der Waals surface area contributed by atoms with Gasteiger partial charge in [-0.2, -0.15) is 0 Å². The fourth-order valence-corrected chi connectivity index (χ4v) is 2.73. The molecule has 0 atom stereocenters. The van der Waals surface area contributed by atoms with E-state index >= 15 is 0 Å². The third-order valence-corrected chi connectivity index (χ3v) is 4.07. The molecule has 6 heteroatoms. The van der Waals surface area contributed by atoms with Crippen molar-refractivity contribution in [3.63, 3.8) is 0 Å². The minimum Gasteiger partial charge on any atom is -0.321 e. The number of rotatable bonds is 2. The monoisotopic (exact) mass is 407 g/mol. The van der Waals surface area contributed by atoms with Gasteiger partial charge in [0.05, 0.1) is 5.69 Å². The number of anilines is 1. The van der Waals surface area contributed by atoms with Gasteiger partial charge in [-0.3, -0.25) is 9.20 Å². The number of pyridine rings is 1. The average molecular weight is 409 g/mol. The molecule has 0 spiro atoms. The summed E-state index contributed by atoms with van der Waals surface area (Å²) in [6, 6.07) is 11.2. The molecule has 106 valence electrons. The molecule has 3 aromatic rings. The molecular weight excluding hydrogens is 398 g/mol. The predicted molar refractivity (Wildman–Crippen MR) is 89.7 cm³/mol. The van der Waals surface area contributed by atoms with Gasteiger partial charge in [0.1, 0.15) is 11.3 Å². The van der Waals surface area contributed by atoms with E-state index in [1.54, 1.807) is 4.40 Å². The molecule has 0 bridgehead atoms. The number of benzene rings is 1. The van der Waals surface area contributed by atoms with E-state index < -0.39 is 0 Å². The Hall–Kier alpha value is -1.66. The molecular formula is C15H11Br2N3O. The maximum atomic E-state index is 12.5. The second-order valence-corrected chi connectivity index (χ2v) is 6.41. The number of amides is 1. The normalized spacial score (nSPS) is 10.8. The van der Waals surface area contributed by atoms with Crippen molar-refractivity contribution < 1.29 is 4.79 Å². The van der Waals surface area contributed by atoms with Crippen LogP contribution >= 0.6 is 31.9 Å². The van der Waals surface area contributed by atoms with Crippen LogP contribution in [-0.2, 0) is 0 Å². The number of fused-ring (bicyclic) bond motifs is 1. The lowest BCUT2D eigenvalue weighted by Gasteiger charge is -2.06. The van der Waals surface area contributed by atoms with Crippen LogP contribution in [0.3, 0.4) is 0 Å². The molecule has 21 heavy (non-hydrogen) atoms.